The van der Waals surface area contributed by atoms with Crippen molar-refractivity contribution in [3.63, 3.8) is 0 Å². The van der Waals surface area contributed by atoms with Gasteiger partial charge in [-0.3, -0.25) is 14.4 Å². The summed E-state index contributed by atoms with van der Waals surface area (Å²) in [5, 5.41) is 5.09. The van der Waals surface area contributed by atoms with Crippen LogP contribution in [0, 0.1) is 0 Å². The molecule has 0 aliphatic rings. The summed E-state index contributed by atoms with van der Waals surface area (Å²) in [4.78, 5) is 33.6. The number of primary amides is 1. The second-order valence-corrected chi connectivity index (χ2v) is 4.23. The van der Waals surface area contributed by atoms with Crippen LogP contribution in [-0.4, -0.2) is 29.5 Å². The molecule has 0 saturated heterocycles. The lowest BCUT2D eigenvalue weighted by molar-refractivity contribution is -0.124. The second kappa shape index (κ2) is 6.79. The molecule has 1 aromatic rings. The van der Waals surface area contributed by atoms with Crippen molar-refractivity contribution in [3.8, 4) is 0 Å². The maximum absolute atomic E-state index is 11.8. The molecule has 0 spiro atoms. The Labute approximate surface area is 116 Å². The van der Waals surface area contributed by atoms with E-state index in [1.165, 1.54) is 19.1 Å². The molecule has 1 atom stereocenters. The van der Waals surface area contributed by atoms with Gasteiger partial charge < -0.3 is 16.4 Å². The van der Waals surface area contributed by atoms with E-state index in [1.807, 2.05) is 0 Å². The summed E-state index contributed by atoms with van der Waals surface area (Å²) < 4.78 is 0. The predicted molar refractivity (Wildman–Crippen MR) is 75.0 cm³/mol. The summed E-state index contributed by atoms with van der Waals surface area (Å²) in [6.45, 7) is 1.32. The lowest BCUT2D eigenvalue weighted by atomic mass is 10.2. The molecular weight excluding hydrogens is 266 g/mol. The summed E-state index contributed by atoms with van der Waals surface area (Å²) >= 11 is 4.00. The van der Waals surface area contributed by atoms with Crippen molar-refractivity contribution in [2.45, 2.75) is 13.0 Å². The van der Waals surface area contributed by atoms with Crippen LogP contribution in [0.25, 0.3) is 0 Å². The summed E-state index contributed by atoms with van der Waals surface area (Å²) in [7, 11) is 0. The normalized spacial score (nSPS) is 11.5. The summed E-state index contributed by atoms with van der Waals surface area (Å²) in [5.41, 5.74) is 5.96. The van der Waals surface area contributed by atoms with E-state index < -0.39 is 11.9 Å². The minimum atomic E-state index is -0.711. The molecule has 0 bridgehead atoms. The van der Waals surface area contributed by atoms with Crippen molar-refractivity contribution in [2.75, 3.05) is 11.1 Å². The number of carbonyl (C=O) groups is 3. The average molecular weight is 281 g/mol. The van der Waals surface area contributed by atoms with Crippen molar-refractivity contribution in [2.24, 2.45) is 5.73 Å². The van der Waals surface area contributed by atoms with Gasteiger partial charge in [0.25, 0.3) is 0 Å². The number of hydrogen-bond acceptors (Lipinski definition) is 4. The van der Waals surface area contributed by atoms with Gasteiger partial charge in [0.1, 0.15) is 6.04 Å². The van der Waals surface area contributed by atoms with Gasteiger partial charge in [-0.05, 0) is 24.3 Å². The first-order valence-electron chi connectivity index (χ1n) is 5.52. The van der Waals surface area contributed by atoms with Crippen molar-refractivity contribution in [3.05, 3.63) is 29.8 Å². The van der Waals surface area contributed by atoms with Gasteiger partial charge in [-0.15, -0.1) is 0 Å². The number of nitrogens with one attached hydrogen (secondary N) is 2. The smallest absolute Gasteiger partial charge is 0.248 e. The minimum Gasteiger partial charge on any atom is -0.366 e. The van der Waals surface area contributed by atoms with Crippen LogP contribution >= 0.6 is 12.6 Å². The lowest BCUT2D eigenvalue weighted by Crippen LogP contribution is -2.44. The maximum Gasteiger partial charge on any atom is 0.248 e. The van der Waals surface area contributed by atoms with Gasteiger partial charge in [0.05, 0.1) is 0 Å². The number of carbonyl (C=O) groups excluding carboxylic acids is 3. The highest BCUT2D eigenvalue weighted by molar-refractivity contribution is 7.80. The van der Waals surface area contributed by atoms with E-state index in [-0.39, 0.29) is 17.6 Å². The molecule has 0 aliphatic heterocycles. The number of anilines is 1. The molecule has 0 saturated carbocycles. The van der Waals surface area contributed by atoms with Crippen LogP contribution in [0.4, 0.5) is 5.69 Å². The predicted octanol–water partition coefficient (Wildman–Crippen LogP) is 0.158. The molecule has 0 radical (unpaired) electrons. The standard InChI is InChI=1S/C12H15N3O3S/c1-7(16)14-10(6-19)12(18)15-9-4-2-8(3-5-9)11(13)17/h2-5,10,19H,6H2,1H3,(H2,13,17)(H,14,16)(H,15,18). The molecule has 6 nitrogen and oxygen atoms in total. The minimum absolute atomic E-state index is 0.185. The van der Waals surface area contributed by atoms with Gasteiger partial charge in [-0.2, -0.15) is 12.6 Å². The quantitative estimate of drug-likeness (QED) is 0.578. The second-order valence-electron chi connectivity index (χ2n) is 3.87. The van der Waals surface area contributed by atoms with Crippen molar-refractivity contribution in [1.82, 2.24) is 5.32 Å². The number of hydrogen-bond donors (Lipinski definition) is 4. The van der Waals surface area contributed by atoms with E-state index in [2.05, 4.69) is 23.3 Å². The Morgan fingerprint density at radius 3 is 2.26 bits per heavy atom. The van der Waals surface area contributed by atoms with Crippen LogP contribution in [0.1, 0.15) is 17.3 Å². The van der Waals surface area contributed by atoms with Crippen molar-refractivity contribution >= 4 is 36.0 Å². The topological polar surface area (TPSA) is 101 Å². The van der Waals surface area contributed by atoms with Gasteiger partial charge in [0.15, 0.2) is 0 Å². The zero-order chi connectivity index (χ0) is 14.4. The lowest BCUT2D eigenvalue weighted by Gasteiger charge is -2.15. The van der Waals surface area contributed by atoms with E-state index in [0.29, 0.717) is 11.3 Å². The number of amides is 3. The first-order chi connectivity index (χ1) is 8.93. The van der Waals surface area contributed by atoms with E-state index in [4.69, 9.17) is 5.73 Å². The SMILES string of the molecule is CC(=O)NC(CS)C(=O)Nc1ccc(C(N)=O)cc1. The molecule has 0 aliphatic carbocycles. The third-order valence-electron chi connectivity index (χ3n) is 2.31. The Morgan fingerprint density at radius 1 is 1.26 bits per heavy atom. The molecule has 0 aromatic heterocycles. The van der Waals surface area contributed by atoms with Gasteiger partial charge in [-0.25, -0.2) is 0 Å². The molecule has 0 fully saturated rings. The van der Waals surface area contributed by atoms with Crippen LogP contribution in [0.3, 0.4) is 0 Å². The Kier molecular flexibility index (Phi) is 5.37. The van der Waals surface area contributed by atoms with Gasteiger partial charge >= 0.3 is 0 Å². The van der Waals surface area contributed by atoms with Crippen LogP contribution in [0.5, 0.6) is 0 Å². The van der Waals surface area contributed by atoms with E-state index in [0.717, 1.165) is 0 Å². The number of nitrogens with two attached hydrogens (primary N) is 1. The Bertz CT molecular complexity index is 487. The molecule has 4 N–H and O–H groups in total. The molecule has 19 heavy (non-hydrogen) atoms. The van der Waals surface area contributed by atoms with Crippen LogP contribution in [-0.2, 0) is 9.59 Å². The summed E-state index contributed by atoms with van der Waals surface area (Å²) in [6, 6.07) is 5.41. The van der Waals surface area contributed by atoms with Crippen molar-refractivity contribution in [1.29, 1.82) is 0 Å². The maximum atomic E-state index is 11.8. The number of benzene rings is 1. The summed E-state index contributed by atoms with van der Waals surface area (Å²) in [5.74, 6) is -1.04. The fourth-order valence-corrected chi connectivity index (χ4v) is 1.64. The van der Waals surface area contributed by atoms with E-state index in [9.17, 15) is 14.4 Å². The van der Waals surface area contributed by atoms with Crippen LogP contribution < -0.4 is 16.4 Å². The van der Waals surface area contributed by atoms with Gasteiger partial charge in [0.2, 0.25) is 17.7 Å². The average Bonchev–Trinajstić information content (AvgIpc) is 2.36. The highest BCUT2D eigenvalue weighted by Crippen LogP contribution is 2.09. The largest absolute Gasteiger partial charge is 0.366 e. The fourth-order valence-electron chi connectivity index (χ4n) is 1.39. The third kappa shape index (κ3) is 4.63. The van der Waals surface area contributed by atoms with Crippen LogP contribution in [0.15, 0.2) is 24.3 Å². The Balaban J connectivity index is 2.70. The fraction of sp³-hybridized carbons (Fsp3) is 0.250. The first-order valence-corrected chi connectivity index (χ1v) is 6.16. The summed E-state index contributed by atoms with van der Waals surface area (Å²) in [6.07, 6.45) is 0. The molecule has 1 rings (SSSR count). The molecule has 0 heterocycles. The molecule has 102 valence electrons. The monoisotopic (exact) mass is 281 g/mol. The van der Waals surface area contributed by atoms with E-state index in [1.54, 1.807) is 12.1 Å². The number of thiol groups is 1. The third-order valence-corrected chi connectivity index (χ3v) is 2.68. The molecule has 3 amide bonds. The number of rotatable bonds is 5. The van der Waals surface area contributed by atoms with Gasteiger partial charge in [-0.1, -0.05) is 0 Å². The Morgan fingerprint density at radius 2 is 1.84 bits per heavy atom. The highest BCUT2D eigenvalue weighted by Gasteiger charge is 2.17. The molecule has 1 unspecified atom stereocenters. The molecule has 1 aromatic carbocycles. The highest BCUT2D eigenvalue weighted by atomic mass is 32.1. The zero-order valence-electron chi connectivity index (χ0n) is 10.3. The van der Waals surface area contributed by atoms with Gasteiger partial charge in [0, 0.05) is 23.9 Å². The van der Waals surface area contributed by atoms with E-state index >= 15 is 0 Å². The van der Waals surface area contributed by atoms with Crippen LogP contribution in [0.2, 0.25) is 0 Å². The first kappa shape index (κ1) is 15.0. The molecular formula is C12H15N3O3S. The zero-order valence-corrected chi connectivity index (χ0v) is 11.2. The Hall–Kier alpha value is -2.02. The van der Waals surface area contributed by atoms with Crippen molar-refractivity contribution < 1.29 is 14.4 Å². The molecule has 7 heteroatoms.